The van der Waals surface area contributed by atoms with Crippen molar-refractivity contribution >= 4 is 5.97 Å². The fourth-order valence-electron chi connectivity index (χ4n) is 2.95. The molecule has 0 aliphatic heterocycles. The molecule has 1 fully saturated rings. The van der Waals surface area contributed by atoms with E-state index in [2.05, 4.69) is 0 Å². The first kappa shape index (κ1) is 15.5. The lowest BCUT2D eigenvalue weighted by atomic mass is 9.77. The molecule has 0 spiro atoms. The second-order valence-electron chi connectivity index (χ2n) is 5.63. The Bertz CT molecular complexity index is 509. The van der Waals surface area contributed by atoms with Gasteiger partial charge in [-0.2, -0.15) is 0 Å². The molecule has 0 unspecified atom stereocenters. The van der Waals surface area contributed by atoms with Gasteiger partial charge in [0.15, 0.2) is 0 Å². The minimum absolute atomic E-state index is 0.174. The lowest BCUT2D eigenvalue weighted by molar-refractivity contribution is -0.131. The number of carboxylic acids is 1. The molecule has 2 nitrogen and oxygen atoms in total. The van der Waals surface area contributed by atoms with Crippen LogP contribution in [0, 0.1) is 11.7 Å². The normalized spacial score (nSPS) is 22.9. The zero-order valence-corrected chi connectivity index (χ0v) is 12.0. The number of rotatable bonds is 5. The highest BCUT2D eigenvalue weighted by molar-refractivity contribution is 5.80. The fourth-order valence-corrected chi connectivity index (χ4v) is 2.95. The standard InChI is InChI=1S/C18H21FO2/c19-17-12-10-16(11-13-17)15-8-6-14(7-9-15)4-2-1-3-5-18(20)21/h1-3,5,10-15H,4,6-9H2,(H,20,21)/b2-1+,5-3+. The molecule has 21 heavy (non-hydrogen) atoms. The summed E-state index contributed by atoms with van der Waals surface area (Å²) in [5, 5.41) is 8.47. The number of benzene rings is 1. The number of allylic oxidation sites excluding steroid dienone is 3. The van der Waals surface area contributed by atoms with Gasteiger partial charge in [-0.1, -0.05) is 30.4 Å². The summed E-state index contributed by atoms with van der Waals surface area (Å²) >= 11 is 0. The van der Waals surface area contributed by atoms with Crippen LogP contribution in [0.15, 0.2) is 48.6 Å². The molecule has 2 rings (SSSR count). The Kier molecular flexibility index (Phi) is 5.73. The number of hydrogen-bond donors (Lipinski definition) is 1. The third-order valence-corrected chi connectivity index (χ3v) is 4.14. The van der Waals surface area contributed by atoms with E-state index in [0.29, 0.717) is 11.8 Å². The van der Waals surface area contributed by atoms with E-state index in [1.54, 1.807) is 24.3 Å². The largest absolute Gasteiger partial charge is 0.478 e. The second-order valence-corrected chi connectivity index (χ2v) is 5.63. The van der Waals surface area contributed by atoms with Crippen LogP contribution in [0.1, 0.15) is 43.6 Å². The zero-order chi connectivity index (χ0) is 15.1. The third kappa shape index (κ3) is 5.18. The van der Waals surface area contributed by atoms with E-state index in [4.69, 9.17) is 5.11 Å². The number of carbonyl (C=O) groups is 1. The van der Waals surface area contributed by atoms with Crippen molar-refractivity contribution in [2.24, 2.45) is 5.92 Å². The first-order valence-electron chi connectivity index (χ1n) is 7.46. The molecule has 0 heterocycles. The van der Waals surface area contributed by atoms with Crippen LogP contribution >= 0.6 is 0 Å². The summed E-state index contributed by atoms with van der Waals surface area (Å²) in [5.41, 5.74) is 1.25. The van der Waals surface area contributed by atoms with Gasteiger partial charge in [-0.25, -0.2) is 9.18 Å². The average Bonchev–Trinajstić information content (AvgIpc) is 2.48. The van der Waals surface area contributed by atoms with Gasteiger partial charge in [0.05, 0.1) is 0 Å². The molecule has 3 heteroatoms. The molecule has 0 aromatic heterocycles. The summed E-state index contributed by atoms with van der Waals surface area (Å²) in [5.74, 6) is 0.139. The minimum atomic E-state index is -0.917. The van der Waals surface area contributed by atoms with Gasteiger partial charge in [0.25, 0.3) is 0 Å². The van der Waals surface area contributed by atoms with Crippen LogP contribution in [0.25, 0.3) is 0 Å². The van der Waals surface area contributed by atoms with Crippen molar-refractivity contribution in [1.29, 1.82) is 0 Å². The van der Waals surface area contributed by atoms with Crippen molar-refractivity contribution in [3.8, 4) is 0 Å². The highest BCUT2D eigenvalue weighted by Gasteiger charge is 2.21. The molecule has 1 aliphatic carbocycles. The first-order valence-corrected chi connectivity index (χ1v) is 7.46. The SMILES string of the molecule is O=C(O)/C=C/C=C/CC1CCC(c2ccc(F)cc2)CC1. The van der Waals surface area contributed by atoms with Gasteiger partial charge < -0.3 is 5.11 Å². The number of aliphatic carboxylic acids is 1. The molecule has 1 aromatic carbocycles. The lowest BCUT2D eigenvalue weighted by Crippen LogP contribution is -2.12. The van der Waals surface area contributed by atoms with Crippen molar-refractivity contribution in [3.05, 3.63) is 60.0 Å². The Morgan fingerprint density at radius 2 is 1.81 bits per heavy atom. The first-order chi connectivity index (χ1) is 10.1. The maximum absolute atomic E-state index is 12.9. The van der Waals surface area contributed by atoms with E-state index in [0.717, 1.165) is 25.3 Å². The topological polar surface area (TPSA) is 37.3 Å². The Morgan fingerprint density at radius 3 is 2.43 bits per heavy atom. The molecule has 0 bridgehead atoms. The molecule has 0 saturated heterocycles. The molecule has 1 aliphatic rings. The van der Waals surface area contributed by atoms with Crippen molar-refractivity contribution in [2.45, 2.75) is 38.0 Å². The Labute approximate surface area is 125 Å². The zero-order valence-electron chi connectivity index (χ0n) is 12.0. The maximum Gasteiger partial charge on any atom is 0.328 e. The molecule has 1 aromatic rings. The average molecular weight is 288 g/mol. The summed E-state index contributed by atoms with van der Waals surface area (Å²) < 4.78 is 12.9. The summed E-state index contributed by atoms with van der Waals surface area (Å²) in [4.78, 5) is 10.3. The van der Waals surface area contributed by atoms with E-state index in [-0.39, 0.29) is 5.82 Å². The van der Waals surface area contributed by atoms with Gasteiger partial charge in [-0.15, -0.1) is 0 Å². The highest BCUT2D eigenvalue weighted by atomic mass is 19.1. The van der Waals surface area contributed by atoms with E-state index in [1.165, 1.54) is 18.4 Å². The van der Waals surface area contributed by atoms with Gasteiger partial charge in [-0.3, -0.25) is 0 Å². The summed E-state index contributed by atoms with van der Waals surface area (Å²) in [6, 6.07) is 6.88. The van der Waals surface area contributed by atoms with Crippen molar-refractivity contribution in [1.82, 2.24) is 0 Å². The van der Waals surface area contributed by atoms with Gasteiger partial charge in [0.2, 0.25) is 0 Å². The van der Waals surface area contributed by atoms with Gasteiger partial charge in [-0.05, 0) is 61.6 Å². The Hall–Kier alpha value is -1.90. The van der Waals surface area contributed by atoms with E-state index >= 15 is 0 Å². The molecule has 1 saturated carbocycles. The minimum Gasteiger partial charge on any atom is -0.478 e. The van der Waals surface area contributed by atoms with Crippen LogP contribution in [0.4, 0.5) is 4.39 Å². The summed E-state index contributed by atoms with van der Waals surface area (Å²) in [6.07, 6.45) is 12.2. The molecule has 0 atom stereocenters. The van der Waals surface area contributed by atoms with E-state index < -0.39 is 5.97 Å². The molecular weight excluding hydrogens is 267 g/mol. The van der Waals surface area contributed by atoms with Crippen LogP contribution in [0.2, 0.25) is 0 Å². The maximum atomic E-state index is 12.9. The molecule has 1 N–H and O–H groups in total. The summed E-state index contributed by atoms with van der Waals surface area (Å²) in [6.45, 7) is 0. The number of halogens is 1. The van der Waals surface area contributed by atoms with Crippen LogP contribution in [-0.2, 0) is 4.79 Å². The van der Waals surface area contributed by atoms with E-state index in [1.807, 2.05) is 18.2 Å². The van der Waals surface area contributed by atoms with Crippen LogP contribution in [-0.4, -0.2) is 11.1 Å². The predicted octanol–water partition coefficient (Wildman–Crippen LogP) is 4.69. The van der Waals surface area contributed by atoms with E-state index in [9.17, 15) is 9.18 Å². The van der Waals surface area contributed by atoms with Crippen molar-refractivity contribution < 1.29 is 14.3 Å². The molecular formula is C18H21FO2. The van der Waals surface area contributed by atoms with Crippen LogP contribution < -0.4 is 0 Å². The number of carboxylic acid groups (broad SMARTS) is 1. The number of hydrogen-bond acceptors (Lipinski definition) is 1. The molecule has 112 valence electrons. The lowest BCUT2D eigenvalue weighted by Gasteiger charge is -2.28. The quantitative estimate of drug-likeness (QED) is 0.630. The Morgan fingerprint density at radius 1 is 1.14 bits per heavy atom. The molecule has 0 amide bonds. The van der Waals surface area contributed by atoms with Gasteiger partial charge >= 0.3 is 5.97 Å². The summed E-state index contributed by atoms with van der Waals surface area (Å²) in [7, 11) is 0. The van der Waals surface area contributed by atoms with Crippen LogP contribution in [0.3, 0.4) is 0 Å². The second kappa shape index (κ2) is 7.77. The Balaban J connectivity index is 1.75. The smallest absolute Gasteiger partial charge is 0.328 e. The fraction of sp³-hybridized carbons (Fsp3) is 0.389. The highest BCUT2D eigenvalue weighted by Crippen LogP contribution is 2.37. The van der Waals surface area contributed by atoms with Crippen molar-refractivity contribution in [2.75, 3.05) is 0 Å². The van der Waals surface area contributed by atoms with Crippen LogP contribution in [0.5, 0.6) is 0 Å². The van der Waals surface area contributed by atoms with Gasteiger partial charge in [0, 0.05) is 6.08 Å². The monoisotopic (exact) mass is 288 g/mol. The third-order valence-electron chi connectivity index (χ3n) is 4.14. The van der Waals surface area contributed by atoms with Crippen molar-refractivity contribution in [3.63, 3.8) is 0 Å². The predicted molar refractivity (Wildman–Crippen MR) is 81.6 cm³/mol. The van der Waals surface area contributed by atoms with Gasteiger partial charge in [0.1, 0.15) is 5.82 Å². The molecule has 0 radical (unpaired) electrons.